The van der Waals surface area contributed by atoms with Crippen LogP contribution in [0, 0.1) is 46.8 Å². The van der Waals surface area contributed by atoms with Crippen molar-refractivity contribution in [2.75, 3.05) is 19.1 Å². The number of halogens is 7. The highest BCUT2D eigenvalue weighted by atomic mass is 35.5. The summed E-state index contributed by atoms with van der Waals surface area (Å²) in [6, 6.07) is 2.40. The minimum absolute atomic E-state index is 0.0461. The maximum Gasteiger partial charge on any atom is 0.258 e. The molecule has 2 saturated heterocycles. The number of nitrogens with zero attached hydrogens (tertiary/aromatic N) is 1. The Kier molecular flexibility index (Phi) is 6.71. The number of anilines is 1. The summed E-state index contributed by atoms with van der Waals surface area (Å²) < 4.78 is 83.2. The van der Waals surface area contributed by atoms with Crippen LogP contribution in [0.4, 0.5) is 27.6 Å². The Balaban J connectivity index is 1.66. The number of hydrogen-bond donors (Lipinski definition) is 2. The minimum atomic E-state index is -2.81. The SMILES string of the molecule is COc1cc(O)c([C@H]2C3=CC[C@@H]4C(=O)NC(=O)[C@@H]4[C@@H]3C[C@@]3(Cl)C(=O)N(c4c(F)c(F)c(F)c(F)c4F)C(=O)[C@@]23Cl)c(OC)c1. The Morgan fingerprint density at radius 3 is 2.09 bits per heavy atom. The number of ether oxygens (including phenoxy) is 2. The zero-order valence-electron chi connectivity index (χ0n) is 22.4. The van der Waals surface area contributed by atoms with Crippen molar-refractivity contribution in [3.8, 4) is 17.2 Å². The summed E-state index contributed by atoms with van der Waals surface area (Å²) in [6.07, 6.45) is 0.769. The molecule has 44 heavy (non-hydrogen) atoms. The predicted molar refractivity (Wildman–Crippen MR) is 141 cm³/mol. The zero-order valence-corrected chi connectivity index (χ0v) is 24.0. The van der Waals surface area contributed by atoms with Crippen molar-refractivity contribution in [1.29, 1.82) is 0 Å². The maximum absolute atomic E-state index is 15.1. The van der Waals surface area contributed by atoms with Crippen LogP contribution in [0.15, 0.2) is 23.8 Å². The van der Waals surface area contributed by atoms with Gasteiger partial charge in [-0.3, -0.25) is 24.5 Å². The Morgan fingerprint density at radius 2 is 1.50 bits per heavy atom. The molecule has 9 nitrogen and oxygen atoms in total. The quantitative estimate of drug-likeness (QED) is 0.127. The van der Waals surface area contributed by atoms with E-state index in [0.29, 0.717) is 0 Å². The number of allylic oxidation sites excluding steroid dienone is 2. The average Bonchev–Trinajstić information content (AvgIpc) is 3.36. The third-order valence-corrected chi connectivity index (χ3v) is 10.3. The van der Waals surface area contributed by atoms with Crippen LogP contribution in [0.25, 0.3) is 0 Å². The molecule has 0 radical (unpaired) electrons. The van der Waals surface area contributed by atoms with Gasteiger partial charge in [-0.25, -0.2) is 26.9 Å². The van der Waals surface area contributed by atoms with E-state index in [9.17, 15) is 37.5 Å². The van der Waals surface area contributed by atoms with Crippen LogP contribution in [-0.4, -0.2) is 52.7 Å². The number of aromatic hydroxyl groups is 1. The first kappa shape index (κ1) is 30.1. The fourth-order valence-electron chi connectivity index (χ4n) is 6.96. The van der Waals surface area contributed by atoms with Crippen LogP contribution < -0.4 is 19.7 Å². The van der Waals surface area contributed by atoms with Gasteiger partial charge in [0.1, 0.15) is 22.9 Å². The second-order valence-corrected chi connectivity index (χ2v) is 12.1. The second-order valence-electron chi connectivity index (χ2n) is 10.8. The molecule has 0 unspecified atom stereocenters. The van der Waals surface area contributed by atoms with Crippen molar-refractivity contribution in [2.45, 2.75) is 28.5 Å². The van der Waals surface area contributed by atoms with Crippen molar-refractivity contribution >= 4 is 52.5 Å². The monoisotopic (exact) mass is 660 g/mol. The fourth-order valence-corrected chi connectivity index (χ4v) is 7.88. The Bertz CT molecular complexity index is 1730. The molecule has 6 atom stereocenters. The van der Waals surface area contributed by atoms with Crippen molar-refractivity contribution in [3.63, 3.8) is 0 Å². The summed E-state index contributed by atoms with van der Waals surface area (Å²) in [4.78, 5) is 48.0. The number of carbonyl (C=O) groups excluding carboxylic acids is 4. The molecule has 2 aliphatic carbocycles. The van der Waals surface area contributed by atoms with Crippen molar-refractivity contribution in [3.05, 3.63) is 58.4 Å². The third-order valence-electron chi connectivity index (χ3n) is 8.90. The number of fused-ring (bicyclic) bond motifs is 4. The van der Waals surface area contributed by atoms with E-state index in [0.717, 1.165) is 6.07 Å². The van der Waals surface area contributed by atoms with Gasteiger partial charge in [-0.05, 0) is 18.8 Å². The molecule has 2 N–H and O–H groups in total. The summed E-state index contributed by atoms with van der Waals surface area (Å²) in [7, 11) is 2.46. The Hall–Kier alpha value is -3.91. The molecule has 3 fully saturated rings. The molecule has 232 valence electrons. The Morgan fingerprint density at radius 1 is 0.886 bits per heavy atom. The first-order valence-corrected chi connectivity index (χ1v) is 13.7. The number of amides is 4. The van der Waals surface area contributed by atoms with Gasteiger partial charge in [0.2, 0.25) is 17.6 Å². The topological polar surface area (TPSA) is 122 Å². The highest BCUT2D eigenvalue weighted by Crippen LogP contribution is 2.67. The second kappa shape index (κ2) is 9.80. The lowest BCUT2D eigenvalue weighted by Crippen LogP contribution is -2.60. The van der Waals surface area contributed by atoms with E-state index < -0.39 is 104 Å². The molecule has 4 amide bonds. The highest BCUT2D eigenvalue weighted by Gasteiger charge is 2.77. The number of nitrogens with one attached hydrogen (secondary N) is 1. The van der Waals surface area contributed by atoms with Crippen LogP contribution in [0.1, 0.15) is 24.3 Å². The van der Waals surface area contributed by atoms with Gasteiger partial charge in [-0.15, -0.1) is 23.2 Å². The summed E-state index contributed by atoms with van der Waals surface area (Å²) in [5.74, 6) is -22.6. The van der Waals surface area contributed by atoms with Crippen LogP contribution >= 0.6 is 23.2 Å². The van der Waals surface area contributed by atoms with Crippen molar-refractivity contribution in [1.82, 2.24) is 5.32 Å². The van der Waals surface area contributed by atoms with Gasteiger partial charge >= 0.3 is 0 Å². The summed E-state index contributed by atoms with van der Waals surface area (Å²) >= 11 is 14.0. The third kappa shape index (κ3) is 3.57. The van der Waals surface area contributed by atoms with Crippen molar-refractivity contribution < 1.29 is 55.7 Å². The largest absolute Gasteiger partial charge is 0.507 e. The summed E-state index contributed by atoms with van der Waals surface area (Å²) in [6.45, 7) is 0. The lowest BCUT2D eigenvalue weighted by atomic mass is 9.56. The summed E-state index contributed by atoms with van der Waals surface area (Å²) in [5, 5.41) is 13.4. The molecule has 0 aromatic heterocycles. The van der Waals surface area contributed by atoms with Gasteiger partial charge in [-0.2, -0.15) is 0 Å². The number of hydrogen-bond acceptors (Lipinski definition) is 7. The smallest absolute Gasteiger partial charge is 0.258 e. The number of benzene rings is 2. The number of phenols is 1. The number of rotatable bonds is 4. The molecule has 2 aromatic rings. The van der Waals surface area contributed by atoms with Crippen LogP contribution in [0.5, 0.6) is 17.2 Å². The molecule has 2 aliphatic heterocycles. The van der Waals surface area contributed by atoms with E-state index in [4.69, 9.17) is 32.7 Å². The highest BCUT2D eigenvalue weighted by molar-refractivity contribution is 6.58. The summed E-state index contributed by atoms with van der Waals surface area (Å²) in [5.41, 5.74) is -2.01. The predicted octanol–water partition coefficient (Wildman–Crippen LogP) is 3.96. The molecule has 4 aliphatic rings. The molecule has 6 rings (SSSR count). The maximum atomic E-state index is 15.1. The minimum Gasteiger partial charge on any atom is -0.507 e. The molecular weight excluding hydrogens is 642 g/mol. The first-order valence-electron chi connectivity index (χ1n) is 12.9. The lowest BCUT2D eigenvalue weighted by molar-refractivity contribution is -0.127. The van der Waals surface area contributed by atoms with Crippen LogP contribution in [0.2, 0.25) is 0 Å². The van der Waals surface area contributed by atoms with Gasteiger partial charge in [-0.1, -0.05) is 11.6 Å². The molecule has 0 bridgehead atoms. The van der Waals surface area contributed by atoms with Gasteiger partial charge < -0.3 is 14.6 Å². The number of methoxy groups -OCH3 is 2. The molecule has 0 spiro atoms. The van der Waals surface area contributed by atoms with Gasteiger partial charge in [0.05, 0.1) is 26.1 Å². The van der Waals surface area contributed by atoms with E-state index in [2.05, 4.69) is 5.32 Å². The fraction of sp³-hybridized carbons (Fsp3) is 0.357. The Labute approximate surface area is 254 Å². The number of carbonyl (C=O) groups is 4. The molecule has 1 saturated carbocycles. The van der Waals surface area contributed by atoms with E-state index in [1.165, 1.54) is 26.4 Å². The van der Waals surface area contributed by atoms with Gasteiger partial charge in [0.25, 0.3) is 11.8 Å². The normalized spacial score (nSPS) is 30.9. The van der Waals surface area contributed by atoms with E-state index >= 15 is 8.78 Å². The van der Waals surface area contributed by atoms with Gasteiger partial charge in [0.15, 0.2) is 33.0 Å². The zero-order chi connectivity index (χ0) is 32.2. The lowest BCUT2D eigenvalue weighted by Gasteiger charge is -2.50. The van der Waals surface area contributed by atoms with E-state index in [1.54, 1.807) is 0 Å². The van der Waals surface area contributed by atoms with E-state index in [1.807, 2.05) is 0 Å². The number of phenolic OH excluding ortho intramolecular Hbond substituents is 1. The molecular formula is C28H19Cl2F5N2O7. The molecule has 2 aromatic carbocycles. The molecule has 2 heterocycles. The standard InChI is InChI=1S/C28H19Cl2F5N2O7/c1-43-8-5-12(38)15(13(6-8)44-2)16-9-3-4-10-14(24(40)36-23(10)39)11(9)7-27(29)25(41)37(26(42)28(16,27)30)22-20(34)18(32)17(31)19(33)21(22)35/h3,5-6,10-11,14,16,38H,4,7H2,1-2H3,(H,36,39,40)/t10-,11+,14-,16+,27+,28-/m0/s1. The number of alkyl halides is 2. The first-order chi connectivity index (χ1) is 20.6. The number of imide groups is 2. The molecule has 16 heteroatoms. The van der Waals surface area contributed by atoms with Crippen LogP contribution in [-0.2, 0) is 19.2 Å². The average molecular weight is 661 g/mol. The van der Waals surface area contributed by atoms with Crippen LogP contribution in [0.3, 0.4) is 0 Å². The van der Waals surface area contributed by atoms with Crippen molar-refractivity contribution in [2.24, 2.45) is 17.8 Å². The van der Waals surface area contributed by atoms with Gasteiger partial charge in [0, 0.05) is 23.6 Å². The van der Waals surface area contributed by atoms with E-state index in [-0.39, 0.29) is 34.0 Å².